The first-order valence-electron chi connectivity index (χ1n) is 19.1. The molecule has 0 spiro atoms. The van der Waals surface area contributed by atoms with E-state index in [2.05, 4.69) is 30.8 Å². The second-order valence-electron chi connectivity index (χ2n) is 13.2. The fraction of sp³-hybridized carbons (Fsp3) is 0.500. The summed E-state index contributed by atoms with van der Waals surface area (Å²) in [5, 5.41) is 23.8. The summed E-state index contributed by atoms with van der Waals surface area (Å²) in [7, 11) is 1.89. The number of anilines is 1. The van der Waals surface area contributed by atoms with Crippen LogP contribution in [0.1, 0.15) is 85.6 Å². The molecule has 0 saturated heterocycles. The number of amides is 1. The van der Waals surface area contributed by atoms with Gasteiger partial charge in [0.05, 0.1) is 52.2 Å². The molecule has 1 aliphatic heterocycles. The number of hydrogen-bond donors (Lipinski definition) is 3. The lowest BCUT2D eigenvalue weighted by Gasteiger charge is -2.27. The Kier molecular flexibility index (Phi) is 17.1. The highest BCUT2D eigenvalue weighted by Gasteiger charge is 2.24. The molecular weight excluding hydrogens is 706 g/mol. The summed E-state index contributed by atoms with van der Waals surface area (Å²) in [6.45, 7) is 5.02. The lowest BCUT2D eigenvalue weighted by atomic mass is 9.99. The zero-order valence-electron chi connectivity index (χ0n) is 31.6. The molecule has 3 N–H and O–H groups in total. The van der Waals surface area contributed by atoms with Crippen molar-refractivity contribution in [3.05, 3.63) is 78.0 Å². The Morgan fingerprint density at radius 1 is 0.873 bits per heavy atom. The highest BCUT2D eigenvalue weighted by Crippen LogP contribution is 2.35. The summed E-state index contributed by atoms with van der Waals surface area (Å²) >= 11 is 0. The van der Waals surface area contributed by atoms with Crippen LogP contribution in [0.2, 0.25) is 0 Å². The van der Waals surface area contributed by atoms with E-state index in [4.69, 9.17) is 28.8 Å². The van der Waals surface area contributed by atoms with E-state index in [1.165, 1.54) is 6.33 Å². The number of nitrogens with zero attached hydrogens (tertiary/aromatic N) is 5. The minimum Gasteiger partial charge on any atom is -0.494 e. The van der Waals surface area contributed by atoms with Gasteiger partial charge in [-0.05, 0) is 74.6 Å². The van der Waals surface area contributed by atoms with Gasteiger partial charge in [0.15, 0.2) is 11.6 Å². The first kappa shape index (κ1) is 41.1. The standard InChI is InChI=1S/C40H53N7O8/c1-47-37(45-46-39(47)35-15-17-41-29-43-35)28-42-31-11-9-10-30(26-31)40(50)44-34-16-21-55-36-14-13-32(27-33(34)36)54-20-8-3-2-6-18-51-22-24-53-25-23-52-19-7-4-5-12-38(48)49/h9-11,13-15,17,26-27,29,34,42H,2-8,12,16,18-25,28H2,1H3,(H,44,50)(H,48,49)/t34-/m1/s1. The molecule has 3 heterocycles. The van der Waals surface area contributed by atoms with E-state index in [1.807, 2.05) is 48.0 Å². The number of carbonyl (C=O) groups excluding carboxylic acids is 1. The van der Waals surface area contributed by atoms with Crippen LogP contribution in [0.3, 0.4) is 0 Å². The molecule has 1 aliphatic rings. The number of aliphatic carboxylic acids is 1. The number of unbranched alkanes of at least 4 members (excludes halogenated alkanes) is 5. The third-order valence-corrected chi connectivity index (χ3v) is 9.05. The lowest BCUT2D eigenvalue weighted by Crippen LogP contribution is -2.32. The summed E-state index contributed by atoms with van der Waals surface area (Å²) in [6.07, 6.45) is 10.4. The number of carboxylic acid groups (broad SMARTS) is 1. The molecule has 1 amide bonds. The molecule has 0 unspecified atom stereocenters. The van der Waals surface area contributed by atoms with Crippen molar-refractivity contribution in [3.8, 4) is 23.0 Å². The molecule has 55 heavy (non-hydrogen) atoms. The summed E-state index contributed by atoms with van der Waals surface area (Å²) in [4.78, 5) is 32.1. The van der Waals surface area contributed by atoms with E-state index in [0.29, 0.717) is 89.3 Å². The minimum absolute atomic E-state index is 0.168. The number of hydrogen-bond acceptors (Lipinski definition) is 12. The van der Waals surface area contributed by atoms with Gasteiger partial charge in [-0.25, -0.2) is 9.97 Å². The molecule has 0 radical (unpaired) electrons. The van der Waals surface area contributed by atoms with Gasteiger partial charge in [0.25, 0.3) is 5.91 Å². The molecule has 0 aliphatic carbocycles. The van der Waals surface area contributed by atoms with E-state index >= 15 is 0 Å². The van der Waals surface area contributed by atoms with Crippen molar-refractivity contribution in [1.82, 2.24) is 30.0 Å². The van der Waals surface area contributed by atoms with E-state index in [0.717, 1.165) is 67.1 Å². The Balaban J connectivity index is 0.946. The number of nitrogens with one attached hydrogen (secondary N) is 2. The monoisotopic (exact) mass is 759 g/mol. The van der Waals surface area contributed by atoms with Crippen LogP contribution >= 0.6 is 0 Å². The van der Waals surface area contributed by atoms with E-state index < -0.39 is 5.97 Å². The topological polar surface area (TPSA) is 181 Å². The maximum absolute atomic E-state index is 13.4. The Morgan fingerprint density at radius 2 is 1.62 bits per heavy atom. The molecule has 0 fully saturated rings. The van der Waals surface area contributed by atoms with Gasteiger partial charge in [0, 0.05) is 56.1 Å². The van der Waals surface area contributed by atoms with Crippen molar-refractivity contribution in [3.63, 3.8) is 0 Å². The van der Waals surface area contributed by atoms with Crippen LogP contribution in [0.5, 0.6) is 11.5 Å². The quantitative estimate of drug-likeness (QED) is 0.0657. The predicted octanol–water partition coefficient (Wildman–Crippen LogP) is 5.77. The minimum atomic E-state index is -0.749. The first-order valence-corrected chi connectivity index (χ1v) is 19.1. The normalized spacial score (nSPS) is 13.5. The van der Waals surface area contributed by atoms with E-state index in [-0.39, 0.29) is 18.4 Å². The lowest BCUT2D eigenvalue weighted by molar-refractivity contribution is -0.137. The van der Waals surface area contributed by atoms with Gasteiger partial charge in [0.1, 0.15) is 23.5 Å². The Morgan fingerprint density at radius 3 is 2.36 bits per heavy atom. The Labute approximate surface area is 322 Å². The van der Waals surface area contributed by atoms with Crippen LogP contribution < -0.4 is 20.1 Å². The van der Waals surface area contributed by atoms with Gasteiger partial charge >= 0.3 is 5.97 Å². The van der Waals surface area contributed by atoms with Crippen molar-refractivity contribution in [2.75, 3.05) is 58.2 Å². The van der Waals surface area contributed by atoms with Gasteiger partial charge in [0.2, 0.25) is 0 Å². The van der Waals surface area contributed by atoms with E-state index in [1.54, 1.807) is 18.3 Å². The van der Waals surface area contributed by atoms with Crippen molar-refractivity contribution < 1.29 is 38.4 Å². The van der Waals surface area contributed by atoms with Gasteiger partial charge < -0.3 is 44.0 Å². The van der Waals surface area contributed by atoms with Gasteiger partial charge in [-0.1, -0.05) is 18.9 Å². The molecule has 1 atom stereocenters. The SMILES string of the molecule is Cn1c(CNc2cccc(C(=O)N[C@@H]3CCOc4ccc(OCCCCCCOCCOCCOCCCCCC(=O)O)cc43)c2)nnc1-c1ccncn1. The number of carbonyl (C=O) groups is 2. The molecule has 4 aromatic rings. The average molecular weight is 760 g/mol. The van der Waals surface area contributed by atoms with Gasteiger partial charge in [-0.2, -0.15) is 0 Å². The molecule has 2 aromatic carbocycles. The first-order chi connectivity index (χ1) is 27.0. The molecule has 296 valence electrons. The van der Waals surface area contributed by atoms with Crippen molar-refractivity contribution >= 4 is 17.6 Å². The molecule has 0 saturated carbocycles. The molecular formula is C40H53N7O8. The smallest absolute Gasteiger partial charge is 0.303 e. The summed E-state index contributed by atoms with van der Waals surface area (Å²) < 4.78 is 30.6. The Hall–Kier alpha value is -5.12. The number of ether oxygens (including phenoxy) is 5. The van der Waals surface area contributed by atoms with Crippen LogP contribution in [-0.4, -0.2) is 94.6 Å². The maximum Gasteiger partial charge on any atom is 0.303 e. The van der Waals surface area contributed by atoms with Gasteiger partial charge in [-0.3, -0.25) is 9.59 Å². The largest absolute Gasteiger partial charge is 0.494 e. The van der Waals surface area contributed by atoms with Crippen molar-refractivity contribution in [1.29, 1.82) is 0 Å². The van der Waals surface area contributed by atoms with Crippen LogP contribution in [0.4, 0.5) is 5.69 Å². The zero-order valence-corrected chi connectivity index (χ0v) is 31.6. The van der Waals surface area contributed by atoms with Crippen LogP contribution in [0, 0.1) is 0 Å². The summed E-state index contributed by atoms with van der Waals surface area (Å²) in [6, 6.07) is 14.8. The number of rotatable bonds is 26. The third kappa shape index (κ3) is 13.9. The fourth-order valence-electron chi connectivity index (χ4n) is 6.02. The summed E-state index contributed by atoms with van der Waals surface area (Å²) in [5.41, 5.74) is 2.94. The fourth-order valence-corrected chi connectivity index (χ4v) is 6.02. The van der Waals surface area contributed by atoms with Crippen molar-refractivity contribution in [2.45, 2.75) is 70.4 Å². The molecule has 2 aromatic heterocycles. The summed E-state index contributed by atoms with van der Waals surface area (Å²) in [5.74, 6) is 1.97. The van der Waals surface area contributed by atoms with E-state index in [9.17, 15) is 9.59 Å². The number of benzene rings is 2. The molecule has 15 heteroatoms. The highest BCUT2D eigenvalue weighted by atomic mass is 16.5. The molecule has 0 bridgehead atoms. The number of aromatic nitrogens is 5. The Bertz CT molecular complexity index is 1760. The second-order valence-corrected chi connectivity index (χ2v) is 13.2. The molecule has 15 nitrogen and oxygen atoms in total. The second kappa shape index (κ2) is 22.9. The van der Waals surface area contributed by atoms with Crippen molar-refractivity contribution in [2.24, 2.45) is 7.05 Å². The predicted molar refractivity (Wildman–Crippen MR) is 205 cm³/mol. The van der Waals surface area contributed by atoms with Gasteiger partial charge in [-0.15, -0.1) is 10.2 Å². The maximum atomic E-state index is 13.4. The highest BCUT2D eigenvalue weighted by molar-refractivity contribution is 5.95. The zero-order chi connectivity index (χ0) is 38.5. The number of carboxylic acids is 1. The third-order valence-electron chi connectivity index (χ3n) is 9.05. The molecule has 5 rings (SSSR count). The van der Waals surface area contributed by atoms with Crippen LogP contribution in [0.25, 0.3) is 11.5 Å². The number of fused-ring (bicyclic) bond motifs is 1. The van der Waals surface area contributed by atoms with Crippen LogP contribution in [-0.2, 0) is 32.6 Å². The van der Waals surface area contributed by atoms with Crippen LogP contribution in [0.15, 0.2) is 61.1 Å². The average Bonchev–Trinajstić information content (AvgIpc) is 3.58.